The minimum atomic E-state index is 0.636. The van der Waals surface area contributed by atoms with E-state index in [1.54, 1.807) is 11.3 Å². The Bertz CT molecular complexity index is 419. The lowest BCUT2D eigenvalue weighted by atomic mass is 10.4. The molecule has 2 heterocycles. The van der Waals surface area contributed by atoms with Crippen LogP contribution in [0.2, 0.25) is 0 Å². The van der Waals surface area contributed by atoms with Crippen molar-refractivity contribution in [3.63, 3.8) is 0 Å². The molecule has 0 spiro atoms. The van der Waals surface area contributed by atoms with Crippen molar-refractivity contribution in [1.82, 2.24) is 15.0 Å². The van der Waals surface area contributed by atoms with Crippen LogP contribution in [0, 0.1) is 0 Å². The number of hydrogen-bond acceptors (Lipinski definition) is 4. The zero-order valence-corrected chi connectivity index (χ0v) is 7.21. The van der Waals surface area contributed by atoms with E-state index in [1.165, 1.54) is 12.8 Å². The van der Waals surface area contributed by atoms with E-state index in [9.17, 15) is 0 Å². The van der Waals surface area contributed by atoms with E-state index >= 15 is 0 Å². The van der Waals surface area contributed by atoms with Crippen LogP contribution in [0.4, 0.5) is 0 Å². The highest BCUT2D eigenvalue weighted by Gasteiger charge is 2.26. The van der Waals surface area contributed by atoms with Crippen LogP contribution in [-0.2, 0) is 0 Å². The lowest BCUT2D eigenvalue weighted by Gasteiger charge is -1.93. The number of fused-ring (bicyclic) bond motifs is 1. The topological polar surface area (TPSA) is 38.7 Å². The van der Waals surface area contributed by atoms with Gasteiger partial charge in [0, 0.05) is 5.92 Å². The molecular formula is C8H7N3S. The molecule has 3 rings (SSSR count). The summed E-state index contributed by atoms with van der Waals surface area (Å²) in [6.45, 7) is 0. The first-order valence-corrected chi connectivity index (χ1v) is 4.87. The maximum atomic E-state index is 4.44. The van der Waals surface area contributed by atoms with Crippen LogP contribution >= 0.6 is 11.3 Å². The van der Waals surface area contributed by atoms with Gasteiger partial charge in [-0.2, -0.15) is 0 Å². The van der Waals surface area contributed by atoms with Crippen molar-refractivity contribution < 1.29 is 0 Å². The molecule has 2 aromatic heterocycles. The number of nitrogens with zero attached hydrogens (tertiary/aromatic N) is 3. The van der Waals surface area contributed by atoms with Gasteiger partial charge in [0.15, 0.2) is 0 Å². The van der Waals surface area contributed by atoms with Crippen LogP contribution < -0.4 is 0 Å². The number of rotatable bonds is 1. The van der Waals surface area contributed by atoms with Crippen molar-refractivity contribution in [2.24, 2.45) is 0 Å². The van der Waals surface area contributed by atoms with E-state index < -0.39 is 0 Å². The summed E-state index contributed by atoms with van der Waals surface area (Å²) in [4.78, 5) is 13.9. The van der Waals surface area contributed by atoms with Crippen LogP contribution in [0.5, 0.6) is 0 Å². The van der Waals surface area contributed by atoms with Crippen molar-refractivity contribution in [2.75, 3.05) is 0 Å². The van der Waals surface area contributed by atoms with E-state index in [1.807, 2.05) is 11.7 Å². The van der Waals surface area contributed by atoms with Crippen molar-refractivity contribution in [3.05, 3.63) is 17.5 Å². The van der Waals surface area contributed by atoms with Gasteiger partial charge in [0.05, 0.1) is 11.7 Å². The van der Waals surface area contributed by atoms with Gasteiger partial charge in [-0.1, -0.05) is 0 Å². The Kier molecular flexibility index (Phi) is 1.20. The molecule has 0 radical (unpaired) electrons. The lowest BCUT2D eigenvalue weighted by Crippen LogP contribution is -1.89. The van der Waals surface area contributed by atoms with Gasteiger partial charge >= 0.3 is 0 Å². The molecule has 0 atom stereocenters. The summed E-state index contributed by atoms with van der Waals surface area (Å²) < 4.78 is 0. The van der Waals surface area contributed by atoms with Gasteiger partial charge in [0.1, 0.15) is 16.2 Å². The molecule has 0 N–H and O–H groups in total. The van der Waals surface area contributed by atoms with Crippen molar-refractivity contribution in [1.29, 1.82) is 0 Å². The van der Waals surface area contributed by atoms with Gasteiger partial charge in [0.2, 0.25) is 0 Å². The molecule has 0 amide bonds. The summed E-state index contributed by atoms with van der Waals surface area (Å²) in [5.41, 5.74) is 2.74. The molecule has 0 aromatic carbocycles. The van der Waals surface area contributed by atoms with Crippen LogP contribution in [0.1, 0.15) is 24.6 Å². The standard InChI is InChI=1S/C8H7N3S/c1-2-5(1)7-9-3-6-8(11-7)12-4-10-6/h3-5H,1-2H2. The average Bonchev–Trinajstić information content (AvgIpc) is 2.84. The van der Waals surface area contributed by atoms with E-state index in [0.29, 0.717) is 5.92 Å². The predicted molar refractivity (Wildman–Crippen MR) is 47.2 cm³/mol. The van der Waals surface area contributed by atoms with Crippen LogP contribution in [0.25, 0.3) is 10.3 Å². The monoisotopic (exact) mass is 177 g/mol. The average molecular weight is 177 g/mol. The molecule has 0 aliphatic heterocycles. The second-order valence-corrected chi connectivity index (χ2v) is 3.88. The molecule has 0 unspecified atom stereocenters. The third-order valence-corrected chi connectivity index (χ3v) is 2.79. The van der Waals surface area contributed by atoms with E-state index in [0.717, 1.165) is 16.2 Å². The fourth-order valence-electron chi connectivity index (χ4n) is 1.22. The molecule has 60 valence electrons. The zero-order chi connectivity index (χ0) is 7.97. The quantitative estimate of drug-likeness (QED) is 0.668. The molecule has 1 aliphatic rings. The molecule has 3 nitrogen and oxygen atoms in total. The van der Waals surface area contributed by atoms with E-state index in [4.69, 9.17) is 0 Å². The Labute approximate surface area is 73.5 Å². The molecule has 12 heavy (non-hydrogen) atoms. The second kappa shape index (κ2) is 2.23. The molecule has 1 fully saturated rings. The summed E-state index contributed by atoms with van der Waals surface area (Å²) >= 11 is 1.58. The van der Waals surface area contributed by atoms with Gasteiger partial charge in [-0.25, -0.2) is 15.0 Å². The largest absolute Gasteiger partial charge is 0.241 e. The highest BCUT2D eigenvalue weighted by atomic mass is 32.1. The molecule has 0 saturated heterocycles. The Morgan fingerprint density at radius 1 is 1.33 bits per heavy atom. The molecule has 1 aliphatic carbocycles. The number of thiazole rings is 1. The van der Waals surface area contributed by atoms with Crippen molar-refractivity contribution >= 4 is 21.7 Å². The van der Waals surface area contributed by atoms with Gasteiger partial charge in [-0.15, -0.1) is 11.3 Å². The first-order valence-electron chi connectivity index (χ1n) is 3.99. The molecule has 0 bridgehead atoms. The van der Waals surface area contributed by atoms with Gasteiger partial charge in [0.25, 0.3) is 0 Å². The third-order valence-electron chi connectivity index (χ3n) is 2.05. The first-order chi connectivity index (χ1) is 5.93. The van der Waals surface area contributed by atoms with E-state index in [-0.39, 0.29) is 0 Å². The smallest absolute Gasteiger partial charge is 0.147 e. The summed E-state index contributed by atoms with van der Waals surface area (Å²) in [5.74, 6) is 1.64. The predicted octanol–water partition coefficient (Wildman–Crippen LogP) is 1.96. The summed E-state index contributed by atoms with van der Waals surface area (Å²) in [7, 11) is 0. The normalized spacial score (nSPS) is 17.0. The molecular weight excluding hydrogens is 170 g/mol. The van der Waals surface area contributed by atoms with E-state index in [2.05, 4.69) is 15.0 Å². The maximum Gasteiger partial charge on any atom is 0.147 e. The second-order valence-electron chi connectivity index (χ2n) is 3.05. The fourth-order valence-corrected chi connectivity index (χ4v) is 1.86. The van der Waals surface area contributed by atoms with Crippen LogP contribution in [0.15, 0.2) is 11.7 Å². The Morgan fingerprint density at radius 2 is 2.25 bits per heavy atom. The molecule has 2 aromatic rings. The highest BCUT2D eigenvalue weighted by molar-refractivity contribution is 7.16. The Morgan fingerprint density at radius 3 is 3.08 bits per heavy atom. The summed E-state index contributed by atoms with van der Waals surface area (Å²) in [6, 6.07) is 0. The van der Waals surface area contributed by atoms with Crippen LogP contribution in [-0.4, -0.2) is 15.0 Å². The van der Waals surface area contributed by atoms with Crippen LogP contribution in [0.3, 0.4) is 0 Å². The van der Waals surface area contributed by atoms with Gasteiger partial charge in [-0.3, -0.25) is 0 Å². The Hall–Kier alpha value is -1.03. The third kappa shape index (κ3) is 0.914. The van der Waals surface area contributed by atoms with Crippen molar-refractivity contribution in [2.45, 2.75) is 18.8 Å². The molecule has 1 saturated carbocycles. The van der Waals surface area contributed by atoms with Gasteiger partial charge in [-0.05, 0) is 12.8 Å². The lowest BCUT2D eigenvalue weighted by molar-refractivity contribution is 0.949. The highest BCUT2D eigenvalue weighted by Crippen LogP contribution is 2.38. The number of hydrogen-bond donors (Lipinski definition) is 0. The number of aromatic nitrogens is 3. The zero-order valence-electron chi connectivity index (χ0n) is 6.40. The summed E-state index contributed by atoms with van der Waals surface area (Å²) in [6.07, 6.45) is 4.33. The minimum absolute atomic E-state index is 0.636. The summed E-state index contributed by atoms with van der Waals surface area (Å²) in [5, 5.41) is 0. The maximum absolute atomic E-state index is 4.44. The first kappa shape index (κ1) is 6.48. The minimum Gasteiger partial charge on any atom is -0.241 e. The SMILES string of the molecule is c1nc2cnc(C3CC3)nc2s1. The fraction of sp³-hybridized carbons (Fsp3) is 0.375. The van der Waals surface area contributed by atoms with Crippen molar-refractivity contribution in [3.8, 4) is 0 Å². The Balaban J connectivity index is 2.21. The molecule has 4 heteroatoms. The van der Waals surface area contributed by atoms with Gasteiger partial charge < -0.3 is 0 Å².